The Morgan fingerprint density at radius 3 is 2.67 bits per heavy atom. The number of benzene rings is 2. The lowest BCUT2D eigenvalue weighted by molar-refractivity contribution is 0.316. The van der Waals surface area contributed by atoms with E-state index in [1.54, 1.807) is 22.9 Å². The molecule has 1 unspecified atom stereocenters. The first-order valence-corrected chi connectivity index (χ1v) is 10.5. The van der Waals surface area contributed by atoms with Crippen molar-refractivity contribution in [3.05, 3.63) is 82.4 Å². The number of hydrogen-bond donors (Lipinski definition) is 2. The topological polar surface area (TPSA) is 97.3 Å². The number of nitrogens with one attached hydrogen (secondary N) is 1. The molecule has 5 rings (SSSR count). The number of aryl methyl sites for hydroxylation is 1. The molecule has 3 heterocycles. The molecule has 0 bridgehead atoms. The van der Waals surface area contributed by atoms with E-state index in [1.165, 1.54) is 29.1 Å². The van der Waals surface area contributed by atoms with E-state index in [1.807, 2.05) is 31.2 Å². The van der Waals surface area contributed by atoms with E-state index in [0.717, 1.165) is 16.9 Å². The van der Waals surface area contributed by atoms with Crippen molar-refractivity contribution in [3.8, 4) is 28.2 Å². The molecule has 0 fully saturated rings. The molecular formula is C24H21FN6O2. The Balaban J connectivity index is 1.71. The molecule has 33 heavy (non-hydrogen) atoms. The van der Waals surface area contributed by atoms with Crippen LogP contribution in [0.1, 0.15) is 5.56 Å². The fraction of sp³-hybridized carbons (Fsp3) is 0.167. The lowest BCUT2D eigenvalue weighted by Crippen LogP contribution is -2.29. The summed E-state index contributed by atoms with van der Waals surface area (Å²) in [6.45, 7) is 2.97. The van der Waals surface area contributed by atoms with Crippen LogP contribution in [0.25, 0.3) is 28.2 Å². The van der Waals surface area contributed by atoms with Crippen LogP contribution in [-0.2, 0) is 6.54 Å². The van der Waals surface area contributed by atoms with Crippen LogP contribution in [0.2, 0.25) is 0 Å². The summed E-state index contributed by atoms with van der Waals surface area (Å²) < 4.78 is 16.8. The molecule has 2 N–H and O–H groups in total. The van der Waals surface area contributed by atoms with Gasteiger partial charge in [-0.25, -0.2) is 9.07 Å². The van der Waals surface area contributed by atoms with Crippen LogP contribution in [0.4, 0.5) is 10.2 Å². The highest BCUT2D eigenvalue weighted by molar-refractivity contribution is 5.88. The van der Waals surface area contributed by atoms with Crippen molar-refractivity contribution in [2.24, 2.45) is 11.1 Å². The van der Waals surface area contributed by atoms with Gasteiger partial charge >= 0.3 is 0 Å². The highest BCUT2D eigenvalue weighted by Gasteiger charge is 2.27. The number of fused-ring (bicyclic) bond motifs is 1. The van der Waals surface area contributed by atoms with Crippen LogP contribution in [-0.4, -0.2) is 37.5 Å². The Labute approximate surface area is 188 Å². The molecule has 166 valence electrons. The van der Waals surface area contributed by atoms with Gasteiger partial charge in [0.25, 0.3) is 5.56 Å². The zero-order chi connectivity index (χ0) is 22.9. The predicted molar refractivity (Wildman–Crippen MR) is 123 cm³/mol. The van der Waals surface area contributed by atoms with Crippen molar-refractivity contribution in [2.45, 2.75) is 13.5 Å². The lowest BCUT2D eigenvalue weighted by atomic mass is 10.0. The summed E-state index contributed by atoms with van der Waals surface area (Å²) >= 11 is 0. The lowest BCUT2D eigenvalue weighted by Gasteiger charge is -2.22. The monoisotopic (exact) mass is 444 g/mol. The molecule has 0 saturated heterocycles. The number of oxime groups is 1. The maximum Gasteiger partial charge on any atom is 0.271 e. The minimum Gasteiger partial charge on any atom is -0.411 e. The summed E-state index contributed by atoms with van der Waals surface area (Å²) in [6, 6.07) is 16.8. The van der Waals surface area contributed by atoms with Crippen molar-refractivity contribution >= 4 is 12.0 Å². The van der Waals surface area contributed by atoms with Crippen LogP contribution < -0.4 is 10.9 Å². The van der Waals surface area contributed by atoms with Gasteiger partial charge in [-0.05, 0) is 48.9 Å². The number of aromatic nitrogens is 4. The zero-order valence-electron chi connectivity index (χ0n) is 17.8. The quantitative estimate of drug-likeness (QED) is 0.284. The molecule has 9 heteroatoms. The van der Waals surface area contributed by atoms with E-state index in [0.29, 0.717) is 35.7 Å². The molecule has 0 aliphatic carbocycles. The van der Waals surface area contributed by atoms with Crippen LogP contribution in [0.3, 0.4) is 0 Å². The van der Waals surface area contributed by atoms with Gasteiger partial charge in [-0.1, -0.05) is 18.2 Å². The summed E-state index contributed by atoms with van der Waals surface area (Å²) in [4.78, 5) is 12.7. The van der Waals surface area contributed by atoms with Crippen molar-refractivity contribution in [1.29, 1.82) is 0 Å². The first-order chi connectivity index (χ1) is 16.0. The van der Waals surface area contributed by atoms with Gasteiger partial charge in [0, 0.05) is 24.1 Å². The molecule has 4 aromatic rings. The second kappa shape index (κ2) is 8.34. The third-order valence-electron chi connectivity index (χ3n) is 5.69. The third kappa shape index (κ3) is 3.78. The summed E-state index contributed by atoms with van der Waals surface area (Å²) in [5.41, 5.74) is 3.97. The smallest absolute Gasteiger partial charge is 0.271 e. The normalized spacial score (nSPS) is 15.4. The van der Waals surface area contributed by atoms with Crippen molar-refractivity contribution < 1.29 is 9.60 Å². The van der Waals surface area contributed by atoms with E-state index in [4.69, 9.17) is 10.3 Å². The minimum atomic E-state index is -0.340. The van der Waals surface area contributed by atoms with E-state index < -0.39 is 0 Å². The van der Waals surface area contributed by atoms with E-state index >= 15 is 0 Å². The fourth-order valence-electron chi connectivity index (χ4n) is 4.05. The molecular weight excluding hydrogens is 423 g/mol. The highest BCUT2D eigenvalue weighted by atomic mass is 19.1. The average Bonchev–Trinajstić information content (AvgIpc) is 3.19. The first kappa shape index (κ1) is 20.6. The number of hydrogen-bond acceptors (Lipinski definition) is 6. The Kier molecular flexibility index (Phi) is 5.21. The Bertz CT molecular complexity index is 1410. The van der Waals surface area contributed by atoms with Gasteiger partial charge in [0.1, 0.15) is 17.3 Å². The van der Waals surface area contributed by atoms with Gasteiger partial charge in [0.2, 0.25) is 0 Å². The highest BCUT2D eigenvalue weighted by Crippen LogP contribution is 2.38. The molecule has 1 atom stereocenters. The standard InChI is InChI=1S/C24H21FN6O2/c1-15-4-2-3-5-20(15)31-21(32)11-10-19(28-31)22-23(17-6-8-18(25)9-7-17)29-30-14-16(13-27-33)12-26-24(22)30/h2-11,13,16,26,33H,12,14H2,1H3/b27-13+. The van der Waals surface area contributed by atoms with Crippen molar-refractivity contribution in [3.63, 3.8) is 0 Å². The minimum absolute atomic E-state index is 0.0507. The van der Waals surface area contributed by atoms with Crippen LogP contribution in [0, 0.1) is 18.7 Å². The molecule has 8 nitrogen and oxygen atoms in total. The first-order valence-electron chi connectivity index (χ1n) is 10.5. The van der Waals surface area contributed by atoms with Gasteiger partial charge in [-0.15, -0.1) is 5.16 Å². The molecule has 0 spiro atoms. The molecule has 0 radical (unpaired) electrons. The number of rotatable bonds is 4. The van der Waals surface area contributed by atoms with E-state index in [2.05, 4.69) is 15.6 Å². The summed E-state index contributed by atoms with van der Waals surface area (Å²) in [5, 5.41) is 24.9. The van der Waals surface area contributed by atoms with E-state index in [9.17, 15) is 9.18 Å². The number of para-hydroxylation sites is 1. The van der Waals surface area contributed by atoms with Gasteiger partial charge < -0.3 is 10.5 Å². The van der Waals surface area contributed by atoms with Crippen LogP contribution >= 0.6 is 0 Å². The Morgan fingerprint density at radius 1 is 1.12 bits per heavy atom. The largest absolute Gasteiger partial charge is 0.411 e. The third-order valence-corrected chi connectivity index (χ3v) is 5.69. The summed E-state index contributed by atoms with van der Waals surface area (Å²) in [6.07, 6.45) is 1.46. The van der Waals surface area contributed by atoms with Crippen molar-refractivity contribution in [2.75, 3.05) is 11.9 Å². The second-order valence-corrected chi connectivity index (χ2v) is 7.92. The van der Waals surface area contributed by atoms with Gasteiger partial charge in [-0.2, -0.15) is 14.9 Å². The maximum absolute atomic E-state index is 13.6. The molecule has 0 saturated carbocycles. The molecule has 2 aromatic carbocycles. The van der Waals surface area contributed by atoms with Crippen LogP contribution in [0.15, 0.2) is 70.6 Å². The second-order valence-electron chi connectivity index (χ2n) is 7.92. The molecule has 1 aliphatic rings. The number of halogens is 1. The Hall–Kier alpha value is -4.27. The number of anilines is 1. The molecule has 1 aliphatic heterocycles. The summed E-state index contributed by atoms with van der Waals surface area (Å²) in [5.74, 6) is 0.345. The molecule has 0 amide bonds. The van der Waals surface area contributed by atoms with Crippen LogP contribution in [0.5, 0.6) is 0 Å². The van der Waals surface area contributed by atoms with Gasteiger partial charge in [-0.3, -0.25) is 4.79 Å². The molecule has 2 aromatic heterocycles. The number of nitrogens with zero attached hydrogens (tertiary/aromatic N) is 5. The Morgan fingerprint density at radius 2 is 1.91 bits per heavy atom. The van der Waals surface area contributed by atoms with Crippen molar-refractivity contribution in [1.82, 2.24) is 19.6 Å². The fourth-order valence-corrected chi connectivity index (χ4v) is 4.05. The zero-order valence-corrected chi connectivity index (χ0v) is 17.8. The van der Waals surface area contributed by atoms with E-state index in [-0.39, 0.29) is 17.3 Å². The average molecular weight is 444 g/mol. The summed E-state index contributed by atoms with van der Waals surface area (Å²) in [7, 11) is 0. The SMILES string of the molecule is Cc1ccccc1-n1nc(-c2c(-c3ccc(F)cc3)nn3c2NCC(/C=N/O)C3)ccc1=O. The predicted octanol–water partition coefficient (Wildman–Crippen LogP) is 3.71. The maximum atomic E-state index is 13.6. The van der Waals surface area contributed by atoms with Gasteiger partial charge in [0.05, 0.1) is 29.7 Å². The van der Waals surface area contributed by atoms with Gasteiger partial charge in [0.15, 0.2) is 0 Å².